The molecule has 0 heterocycles. The molecule has 1 amide bonds. The van der Waals surface area contributed by atoms with E-state index in [1.165, 1.54) is 0 Å². The van der Waals surface area contributed by atoms with E-state index >= 15 is 0 Å². The molecule has 0 aliphatic heterocycles. The molecule has 2 aromatic carbocycles. The van der Waals surface area contributed by atoms with E-state index in [0.29, 0.717) is 17.9 Å². The lowest BCUT2D eigenvalue weighted by molar-refractivity contribution is -0.156. The Morgan fingerprint density at radius 1 is 1.06 bits per heavy atom. The summed E-state index contributed by atoms with van der Waals surface area (Å²) < 4.78 is 10.7. The van der Waals surface area contributed by atoms with Gasteiger partial charge in [0, 0.05) is 17.7 Å². The molecule has 2 aromatic rings. The first-order valence-electron chi connectivity index (χ1n) is 11.6. The van der Waals surface area contributed by atoms with E-state index in [0.717, 1.165) is 16.7 Å². The van der Waals surface area contributed by atoms with Crippen LogP contribution in [0.15, 0.2) is 48.5 Å². The number of carbonyl (C=O) groups excluding carboxylic acids is 2. The Bertz CT molecular complexity index is 954. The van der Waals surface area contributed by atoms with Crippen LogP contribution >= 0.6 is 11.6 Å². The summed E-state index contributed by atoms with van der Waals surface area (Å²) in [6.07, 6.45) is 0.451. The Balaban J connectivity index is 2.26. The fourth-order valence-electron chi connectivity index (χ4n) is 3.82. The molecule has 7 heteroatoms. The van der Waals surface area contributed by atoms with E-state index < -0.39 is 29.1 Å². The van der Waals surface area contributed by atoms with Crippen molar-refractivity contribution in [1.29, 1.82) is 0 Å². The van der Waals surface area contributed by atoms with Gasteiger partial charge in [0.15, 0.2) is 0 Å². The number of hydrogen-bond acceptors (Lipinski definition) is 5. The van der Waals surface area contributed by atoms with Crippen molar-refractivity contribution in [3.05, 3.63) is 59.1 Å². The van der Waals surface area contributed by atoms with Crippen LogP contribution in [-0.4, -0.2) is 42.0 Å². The number of aliphatic hydroxyl groups is 1. The quantitative estimate of drug-likeness (QED) is 0.413. The number of benzene rings is 2. The molecule has 0 radical (unpaired) electrons. The molecule has 0 bridgehead atoms. The number of ether oxygens (including phenoxy) is 2. The molecule has 186 valence electrons. The largest absolute Gasteiger partial charge is 0.466 e. The first-order valence-corrected chi connectivity index (χ1v) is 12.0. The third-order valence-corrected chi connectivity index (χ3v) is 5.68. The number of halogens is 1. The molecule has 0 saturated heterocycles. The molecule has 0 fully saturated rings. The van der Waals surface area contributed by atoms with Crippen LogP contribution < -0.4 is 5.32 Å². The number of alkyl carbamates (subject to hydrolysis) is 1. The van der Waals surface area contributed by atoms with Crippen molar-refractivity contribution in [2.24, 2.45) is 5.41 Å². The smallest absolute Gasteiger partial charge is 0.407 e. The Kier molecular flexibility index (Phi) is 9.95. The summed E-state index contributed by atoms with van der Waals surface area (Å²) in [4.78, 5) is 25.3. The lowest BCUT2D eigenvalue weighted by Gasteiger charge is -2.32. The van der Waals surface area contributed by atoms with Gasteiger partial charge in [-0.1, -0.05) is 48.0 Å². The van der Waals surface area contributed by atoms with Gasteiger partial charge < -0.3 is 19.9 Å². The van der Waals surface area contributed by atoms with Crippen LogP contribution in [0.4, 0.5) is 4.79 Å². The van der Waals surface area contributed by atoms with E-state index in [1.54, 1.807) is 34.6 Å². The number of rotatable bonds is 10. The molecule has 0 saturated carbocycles. The highest BCUT2D eigenvalue weighted by molar-refractivity contribution is 6.30. The van der Waals surface area contributed by atoms with Gasteiger partial charge in [0.25, 0.3) is 0 Å². The zero-order valence-corrected chi connectivity index (χ0v) is 21.4. The van der Waals surface area contributed by atoms with Crippen molar-refractivity contribution in [3.63, 3.8) is 0 Å². The molecule has 0 aromatic heterocycles. The van der Waals surface area contributed by atoms with Gasteiger partial charge in [-0.15, -0.1) is 0 Å². The number of carbonyl (C=O) groups is 2. The summed E-state index contributed by atoms with van der Waals surface area (Å²) in [7, 11) is 0. The van der Waals surface area contributed by atoms with Crippen LogP contribution in [0.2, 0.25) is 5.02 Å². The second-order valence-electron chi connectivity index (χ2n) is 9.71. The van der Waals surface area contributed by atoms with Gasteiger partial charge in [-0.2, -0.15) is 0 Å². The average Bonchev–Trinajstić information content (AvgIpc) is 2.73. The van der Waals surface area contributed by atoms with E-state index in [4.69, 9.17) is 21.1 Å². The lowest BCUT2D eigenvalue weighted by Crippen LogP contribution is -2.45. The van der Waals surface area contributed by atoms with Crippen LogP contribution in [0.5, 0.6) is 0 Å². The standard InChI is InChI=1S/C27H36ClNO5/c1-6-33-24(31)27(5,14-15-30)18-23(29-25(32)34-26(2,3)4)16-19-10-12-20(13-11-19)21-8-7-9-22(28)17-21/h7-13,17,23,30H,6,14-16,18H2,1-5H3,(H,29,32)/t23-,27?/m1/s1. The van der Waals surface area contributed by atoms with Crippen molar-refractivity contribution in [2.45, 2.75) is 65.5 Å². The number of amides is 1. The van der Waals surface area contributed by atoms with E-state index in [1.807, 2.05) is 48.5 Å². The van der Waals surface area contributed by atoms with Crippen LogP contribution in [-0.2, 0) is 20.7 Å². The molecule has 0 spiro atoms. The van der Waals surface area contributed by atoms with Crippen LogP contribution in [0.1, 0.15) is 53.0 Å². The molecular formula is C27H36ClNO5. The second-order valence-corrected chi connectivity index (χ2v) is 10.1. The lowest BCUT2D eigenvalue weighted by atomic mass is 9.79. The maximum absolute atomic E-state index is 12.7. The molecule has 0 aliphatic rings. The van der Waals surface area contributed by atoms with Gasteiger partial charge in [-0.3, -0.25) is 4.79 Å². The highest BCUT2D eigenvalue weighted by atomic mass is 35.5. The summed E-state index contributed by atoms with van der Waals surface area (Å²) in [6, 6.07) is 15.2. The Labute approximate surface area is 207 Å². The number of aliphatic hydroxyl groups excluding tert-OH is 1. The monoisotopic (exact) mass is 489 g/mol. The van der Waals surface area contributed by atoms with Gasteiger partial charge in [0.05, 0.1) is 12.0 Å². The second kappa shape index (κ2) is 12.2. The molecule has 2 rings (SSSR count). The predicted molar refractivity (Wildman–Crippen MR) is 135 cm³/mol. The molecule has 34 heavy (non-hydrogen) atoms. The summed E-state index contributed by atoms with van der Waals surface area (Å²) >= 11 is 6.12. The highest BCUT2D eigenvalue weighted by Gasteiger charge is 2.37. The maximum atomic E-state index is 12.7. The van der Waals surface area contributed by atoms with Crippen LogP contribution in [0.25, 0.3) is 11.1 Å². The van der Waals surface area contributed by atoms with Crippen molar-refractivity contribution >= 4 is 23.7 Å². The fraction of sp³-hybridized carbons (Fsp3) is 0.481. The third kappa shape index (κ3) is 8.65. The number of esters is 1. The SMILES string of the molecule is CCOC(=O)C(C)(CCO)C[C@@H](Cc1ccc(-c2cccc(Cl)c2)cc1)NC(=O)OC(C)(C)C. The summed E-state index contributed by atoms with van der Waals surface area (Å²) in [5.74, 6) is -0.392. The number of nitrogens with one attached hydrogen (secondary N) is 1. The average molecular weight is 490 g/mol. The topological polar surface area (TPSA) is 84.9 Å². The van der Waals surface area contributed by atoms with E-state index in [2.05, 4.69) is 5.32 Å². The van der Waals surface area contributed by atoms with Gasteiger partial charge >= 0.3 is 12.1 Å². The van der Waals surface area contributed by atoms with E-state index in [9.17, 15) is 14.7 Å². The molecule has 6 nitrogen and oxygen atoms in total. The van der Waals surface area contributed by atoms with Gasteiger partial charge in [-0.05, 0) is 82.7 Å². The van der Waals surface area contributed by atoms with Gasteiger partial charge in [0.1, 0.15) is 5.60 Å². The Morgan fingerprint density at radius 2 is 1.74 bits per heavy atom. The fourth-order valence-corrected chi connectivity index (χ4v) is 4.01. The summed E-state index contributed by atoms with van der Waals surface area (Å²) in [5.41, 5.74) is 1.43. The minimum Gasteiger partial charge on any atom is -0.466 e. The summed E-state index contributed by atoms with van der Waals surface area (Å²) in [5, 5.41) is 13.2. The first kappa shape index (κ1) is 27.7. The van der Waals surface area contributed by atoms with Crippen LogP contribution in [0.3, 0.4) is 0 Å². The maximum Gasteiger partial charge on any atom is 0.407 e. The minimum atomic E-state index is -0.953. The zero-order chi connectivity index (χ0) is 25.4. The van der Waals surface area contributed by atoms with Gasteiger partial charge in [0.2, 0.25) is 0 Å². The third-order valence-electron chi connectivity index (χ3n) is 5.44. The van der Waals surface area contributed by atoms with Crippen LogP contribution in [0, 0.1) is 5.41 Å². The van der Waals surface area contributed by atoms with Crippen molar-refractivity contribution < 1.29 is 24.2 Å². The van der Waals surface area contributed by atoms with Crippen molar-refractivity contribution in [3.8, 4) is 11.1 Å². The normalized spacial score (nSPS) is 14.1. The number of hydrogen-bond donors (Lipinski definition) is 2. The zero-order valence-electron chi connectivity index (χ0n) is 20.7. The van der Waals surface area contributed by atoms with Crippen molar-refractivity contribution in [2.75, 3.05) is 13.2 Å². The van der Waals surface area contributed by atoms with Crippen molar-refractivity contribution in [1.82, 2.24) is 5.32 Å². The highest BCUT2D eigenvalue weighted by Crippen LogP contribution is 2.31. The summed E-state index contributed by atoms with van der Waals surface area (Å²) in [6.45, 7) is 8.97. The molecule has 1 unspecified atom stereocenters. The first-order chi connectivity index (χ1) is 16.0. The van der Waals surface area contributed by atoms with E-state index in [-0.39, 0.29) is 19.6 Å². The minimum absolute atomic E-state index is 0.164. The molecular weight excluding hydrogens is 454 g/mol. The molecule has 2 N–H and O–H groups in total. The molecule has 0 aliphatic carbocycles. The Morgan fingerprint density at radius 3 is 2.29 bits per heavy atom. The predicted octanol–water partition coefficient (Wildman–Crippen LogP) is 5.78. The molecule has 2 atom stereocenters. The Hall–Kier alpha value is -2.57. The van der Waals surface area contributed by atoms with Gasteiger partial charge in [-0.25, -0.2) is 4.79 Å².